The van der Waals surface area contributed by atoms with Crippen molar-refractivity contribution in [1.29, 1.82) is 0 Å². The van der Waals surface area contributed by atoms with E-state index < -0.39 is 0 Å². The van der Waals surface area contributed by atoms with Crippen LogP contribution in [0.5, 0.6) is 5.75 Å². The van der Waals surface area contributed by atoms with Crippen molar-refractivity contribution in [2.75, 3.05) is 6.54 Å². The van der Waals surface area contributed by atoms with Crippen molar-refractivity contribution in [3.63, 3.8) is 0 Å². The van der Waals surface area contributed by atoms with Crippen molar-refractivity contribution in [3.8, 4) is 16.9 Å². The van der Waals surface area contributed by atoms with Crippen molar-refractivity contribution >= 4 is 11.6 Å². The van der Waals surface area contributed by atoms with Crippen molar-refractivity contribution in [2.45, 2.75) is 75.0 Å². The molecule has 3 N–H and O–H groups in total. The molecular formula is C30H34ClN3O. The first-order chi connectivity index (χ1) is 17.1. The third-order valence-corrected chi connectivity index (χ3v) is 8.44. The van der Waals surface area contributed by atoms with Gasteiger partial charge in [-0.2, -0.15) is 0 Å². The number of rotatable bonds is 11. The molecule has 2 aromatic carbocycles. The van der Waals surface area contributed by atoms with E-state index >= 15 is 0 Å². The molecule has 0 amide bonds. The molecule has 3 aromatic rings. The third kappa shape index (κ3) is 4.72. The van der Waals surface area contributed by atoms with Gasteiger partial charge in [-0.05, 0) is 104 Å². The Morgan fingerprint density at radius 1 is 1.03 bits per heavy atom. The minimum Gasteiger partial charge on any atom is -0.490 e. The number of hydrogen-bond donors (Lipinski definition) is 2. The van der Waals surface area contributed by atoms with Crippen LogP contribution in [0, 0.1) is 0 Å². The molecule has 3 aliphatic rings. The summed E-state index contributed by atoms with van der Waals surface area (Å²) in [5.41, 5.74) is 12.3. The van der Waals surface area contributed by atoms with E-state index in [1.54, 1.807) is 0 Å². The predicted octanol–water partition coefficient (Wildman–Crippen LogP) is 6.49. The number of ether oxygens (including phenoxy) is 1. The first kappa shape index (κ1) is 23.0. The van der Waals surface area contributed by atoms with E-state index in [9.17, 15) is 0 Å². The maximum absolute atomic E-state index is 6.68. The number of nitrogens with zero attached hydrogens (tertiary/aromatic N) is 1. The summed E-state index contributed by atoms with van der Waals surface area (Å²) in [6, 6.07) is 17.2. The molecule has 0 bridgehead atoms. The Labute approximate surface area is 213 Å². The molecule has 5 heteroatoms. The highest BCUT2D eigenvalue weighted by molar-refractivity contribution is 6.31. The Morgan fingerprint density at radius 3 is 2.60 bits per heavy atom. The number of para-hydroxylation sites is 1. The minimum atomic E-state index is -0.0769. The highest BCUT2D eigenvalue weighted by Gasteiger charge is 2.46. The summed E-state index contributed by atoms with van der Waals surface area (Å²) in [6.45, 7) is 1.50. The molecule has 0 saturated heterocycles. The Kier molecular flexibility index (Phi) is 6.08. The van der Waals surface area contributed by atoms with E-state index in [-0.39, 0.29) is 5.54 Å². The van der Waals surface area contributed by atoms with Gasteiger partial charge in [-0.15, -0.1) is 0 Å². The molecule has 6 rings (SSSR count). The normalized spacial score (nSPS) is 19.4. The zero-order valence-electron chi connectivity index (χ0n) is 20.2. The molecule has 0 aliphatic heterocycles. The molecule has 0 atom stereocenters. The average Bonchev–Trinajstić information content (AvgIpc) is 3.74. The Hall–Kier alpha value is -2.40. The highest BCUT2D eigenvalue weighted by Crippen LogP contribution is 2.53. The molecule has 3 fully saturated rings. The lowest BCUT2D eigenvalue weighted by atomic mass is 9.89. The van der Waals surface area contributed by atoms with Crippen molar-refractivity contribution in [3.05, 3.63) is 82.6 Å². The molecule has 1 aromatic heterocycles. The first-order valence-corrected chi connectivity index (χ1v) is 13.4. The fourth-order valence-corrected chi connectivity index (χ4v) is 5.60. The summed E-state index contributed by atoms with van der Waals surface area (Å²) >= 11 is 6.68. The van der Waals surface area contributed by atoms with Crippen molar-refractivity contribution in [2.24, 2.45) is 5.73 Å². The molecule has 0 unspecified atom stereocenters. The van der Waals surface area contributed by atoms with E-state index in [0.717, 1.165) is 61.5 Å². The second kappa shape index (κ2) is 9.24. The monoisotopic (exact) mass is 487 g/mol. The zero-order valence-corrected chi connectivity index (χ0v) is 21.0. The second-order valence-electron chi connectivity index (χ2n) is 10.6. The summed E-state index contributed by atoms with van der Waals surface area (Å²) in [4.78, 5) is 4.52. The summed E-state index contributed by atoms with van der Waals surface area (Å²) in [5, 5.41) is 4.72. The molecule has 182 valence electrons. The zero-order chi connectivity index (χ0) is 23.9. The summed E-state index contributed by atoms with van der Waals surface area (Å²) in [7, 11) is 0. The highest BCUT2D eigenvalue weighted by atomic mass is 35.5. The Bertz CT molecular complexity index is 1210. The van der Waals surface area contributed by atoms with E-state index in [4.69, 9.17) is 22.1 Å². The quantitative estimate of drug-likeness (QED) is 0.324. The number of hydrogen-bond acceptors (Lipinski definition) is 4. The van der Waals surface area contributed by atoms with Gasteiger partial charge in [0, 0.05) is 35.1 Å². The van der Waals surface area contributed by atoms with Gasteiger partial charge in [0.1, 0.15) is 5.75 Å². The molecule has 1 heterocycles. The molecule has 4 nitrogen and oxygen atoms in total. The average molecular weight is 488 g/mol. The second-order valence-corrected chi connectivity index (χ2v) is 11.1. The van der Waals surface area contributed by atoms with Gasteiger partial charge in [0.05, 0.1) is 6.10 Å². The standard InChI is InChI=1S/C30H34ClN3O/c31-27-9-6-22(29(12-13-29)11-3-16-32)18-21(27)19-34-30(14-15-30)26-20-33-17-10-24(26)25-4-1-2-5-28(25)35-23-7-8-23/h1-2,4-6,9-10,17-18,20,23,34H,3,7-8,11-16,19,32H2. The number of aromatic nitrogens is 1. The van der Waals surface area contributed by atoms with Crippen LogP contribution in [-0.4, -0.2) is 17.6 Å². The summed E-state index contributed by atoms with van der Waals surface area (Å²) < 4.78 is 6.26. The molecule has 0 spiro atoms. The largest absolute Gasteiger partial charge is 0.490 e. The lowest BCUT2D eigenvalue weighted by Crippen LogP contribution is -2.29. The lowest BCUT2D eigenvalue weighted by Gasteiger charge is -2.23. The van der Waals surface area contributed by atoms with E-state index in [1.165, 1.54) is 41.5 Å². The molecule has 0 radical (unpaired) electrons. The SMILES string of the molecule is NCCCC1(c2ccc(Cl)c(CNC3(c4cnccc4-c4ccccc4OC4CC4)CC3)c2)CC1. The van der Waals surface area contributed by atoms with E-state index in [1.807, 2.05) is 12.4 Å². The summed E-state index contributed by atoms with van der Waals surface area (Å²) in [6.07, 6.45) is 13.5. The van der Waals surface area contributed by atoms with Crippen LogP contribution in [0.2, 0.25) is 5.02 Å². The van der Waals surface area contributed by atoms with Crippen LogP contribution in [-0.2, 0) is 17.5 Å². The third-order valence-electron chi connectivity index (χ3n) is 8.07. The maximum atomic E-state index is 6.68. The topological polar surface area (TPSA) is 60.2 Å². The van der Waals surface area contributed by atoms with Crippen LogP contribution in [0.4, 0.5) is 0 Å². The molecule has 35 heavy (non-hydrogen) atoms. The van der Waals surface area contributed by atoms with Gasteiger partial charge in [-0.1, -0.05) is 41.9 Å². The number of pyridine rings is 1. The number of nitrogens with two attached hydrogens (primary N) is 1. The number of nitrogens with one attached hydrogen (secondary N) is 1. The van der Waals surface area contributed by atoms with E-state index in [0.29, 0.717) is 11.5 Å². The van der Waals surface area contributed by atoms with Gasteiger partial charge >= 0.3 is 0 Å². The lowest BCUT2D eigenvalue weighted by molar-refractivity contribution is 0.304. The minimum absolute atomic E-state index is 0.0769. The van der Waals surface area contributed by atoms with Gasteiger partial charge in [-0.3, -0.25) is 4.98 Å². The molecule has 3 aliphatic carbocycles. The van der Waals surface area contributed by atoms with Crippen LogP contribution >= 0.6 is 11.6 Å². The number of halogens is 1. The van der Waals surface area contributed by atoms with E-state index in [2.05, 4.69) is 58.8 Å². The fourth-order valence-electron chi connectivity index (χ4n) is 5.41. The van der Waals surface area contributed by atoms with Gasteiger partial charge in [0.2, 0.25) is 0 Å². The van der Waals surface area contributed by atoms with Crippen LogP contribution < -0.4 is 15.8 Å². The summed E-state index contributed by atoms with van der Waals surface area (Å²) in [5.74, 6) is 0.973. The molecular weight excluding hydrogens is 454 g/mol. The Balaban J connectivity index is 1.25. The van der Waals surface area contributed by atoms with Crippen molar-refractivity contribution in [1.82, 2.24) is 10.3 Å². The van der Waals surface area contributed by atoms with Crippen LogP contribution in [0.3, 0.4) is 0 Å². The maximum Gasteiger partial charge on any atom is 0.127 e. The van der Waals surface area contributed by atoms with Crippen LogP contribution in [0.25, 0.3) is 11.1 Å². The number of benzene rings is 2. The van der Waals surface area contributed by atoms with Crippen LogP contribution in [0.15, 0.2) is 60.9 Å². The van der Waals surface area contributed by atoms with Crippen LogP contribution in [0.1, 0.15) is 68.1 Å². The molecule has 3 saturated carbocycles. The van der Waals surface area contributed by atoms with Gasteiger partial charge in [0.25, 0.3) is 0 Å². The van der Waals surface area contributed by atoms with Gasteiger partial charge in [0.15, 0.2) is 0 Å². The fraction of sp³-hybridized carbons (Fsp3) is 0.433. The van der Waals surface area contributed by atoms with Gasteiger partial charge in [-0.25, -0.2) is 0 Å². The predicted molar refractivity (Wildman–Crippen MR) is 142 cm³/mol. The van der Waals surface area contributed by atoms with Gasteiger partial charge < -0.3 is 15.8 Å². The Morgan fingerprint density at radius 2 is 1.86 bits per heavy atom. The van der Waals surface area contributed by atoms with Crippen molar-refractivity contribution < 1.29 is 4.74 Å². The smallest absolute Gasteiger partial charge is 0.127 e. The first-order valence-electron chi connectivity index (χ1n) is 13.1.